The molecule has 0 spiro atoms. The van der Waals surface area contributed by atoms with Crippen LogP contribution in [-0.2, 0) is 16.1 Å². The SMILES string of the molecule is COc1ccc(OC)c2c(COC(C)=O)[n+]([O-])c(C)cc12. The third-order valence-electron chi connectivity index (χ3n) is 3.23. The second-order valence-corrected chi connectivity index (χ2v) is 4.57. The summed E-state index contributed by atoms with van der Waals surface area (Å²) in [4.78, 5) is 11.0. The second-order valence-electron chi connectivity index (χ2n) is 4.57. The van der Waals surface area contributed by atoms with Crippen molar-refractivity contribution < 1.29 is 23.7 Å². The lowest BCUT2D eigenvalue weighted by molar-refractivity contribution is -0.621. The highest BCUT2D eigenvalue weighted by Crippen LogP contribution is 2.35. The van der Waals surface area contributed by atoms with Crippen molar-refractivity contribution in [2.45, 2.75) is 20.5 Å². The molecular formula is C15H17NO5. The summed E-state index contributed by atoms with van der Waals surface area (Å²) in [5, 5.41) is 13.6. The van der Waals surface area contributed by atoms with Crippen LogP contribution in [0.4, 0.5) is 0 Å². The molecule has 0 atom stereocenters. The molecule has 2 aromatic rings. The summed E-state index contributed by atoms with van der Waals surface area (Å²) in [7, 11) is 3.08. The highest BCUT2D eigenvalue weighted by molar-refractivity contribution is 5.94. The van der Waals surface area contributed by atoms with Crippen LogP contribution >= 0.6 is 0 Å². The van der Waals surface area contributed by atoms with Crippen LogP contribution in [0.1, 0.15) is 18.3 Å². The Hall–Kier alpha value is -2.50. The fraction of sp³-hybridized carbons (Fsp3) is 0.333. The number of methoxy groups -OCH3 is 2. The van der Waals surface area contributed by atoms with E-state index in [2.05, 4.69) is 0 Å². The number of hydrogen-bond acceptors (Lipinski definition) is 5. The molecule has 0 unspecified atom stereocenters. The smallest absolute Gasteiger partial charge is 0.303 e. The first-order valence-electron chi connectivity index (χ1n) is 6.39. The normalized spacial score (nSPS) is 10.5. The van der Waals surface area contributed by atoms with E-state index in [1.54, 1.807) is 32.2 Å². The van der Waals surface area contributed by atoms with E-state index in [1.807, 2.05) is 0 Å². The van der Waals surface area contributed by atoms with Crippen molar-refractivity contribution in [1.82, 2.24) is 0 Å². The molecule has 21 heavy (non-hydrogen) atoms. The van der Waals surface area contributed by atoms with Crippen LogP contribution in [-0.4, -0.2) is 20.2 Å². The summed E-state index contributed by atoms with van der Waals surface area (Å²) in [5.74, 6) is 0.697. The highest BCUT2D eigenvalue weighted by atomic mass is 16.5. The summed E-state index contributed by atoms with van der Waals surface area (Å²) in [5.41, 5.74) is 0.798. The molecule has 1 aromatic heterocycles. The molecule has 0 amide bonds. The quantitative estimate of drug-likeness (QED) is 0.488. The van der Waals surface area contributed by atoms with E-state index >= 15 is 0 Å². The molecule has 1 aromatic carbocycles. The maximum Gasteiger partial charge on any atom is 0.303 e. The molecular weight excluding hydrogens is 274 g/mol. The Morgan fingerprint density at radius 3 is 2.43 bits per heavy atom. The zero-order chi connectivity index (χ0) is 15.6. The highest BCUT2D eigenvalue weighted by Gasteiger charge is 2.22. The number of fused-ring (bicyclic) bond motifs is 1. The van der Waals surface area contributed by atoms with Crippen molar-refractivity contribution in [3.63, 3.8) is 0 Å². The Bertz CT molecular complexity index is 696. The third-order valence-corrected chi connectivity index (χ3v) is 3.23. The maximum absolute atomic E-state index is 12.3. The van der Waals surface area contributed by atoms with Crippen LogP contribution in [0.25, 0.3) is 10.8 Å². The molecule has 0 bridgehead atoms. The Kier molecular flexibility index (Phi) is 4.16. The molecule has 0 saturated heterocycles. The lowest BCUT2D eigenvalue weighted by Crippen LogP contribution is -2.36. The molecule has 1 heterocycles. The van der Waals surface area contributed by atoms with Gasteiger partial charge in [0.25, 0.3) is 0 Å². The summed E-state index contributed by atoms with van der Waals surface area (Å²) in [6, 6.07) is 5.21. The number of benzene rings is 1. The predicted octanol–water partition coefficient (Wildman–Crippen LogP) is 1.86. The second kappa shape index (κ2) is 5.87. The molecule has 0 aliphatic rings. The number of aryl methyl sites for hydroxylation is 1. The average Bonchev–Trinajstić information content (AvgIpc) is 2.46. The van der Waals surface area contributed by atoms with Crippen molar-refractivity contribution >= 4 is 16.7 Å². The zero-order valence-electron chi connectivity index (χ0n) is 12.4. The number of aromatic nitrogens is 1. The van der Waals surface area contributed by atoms with Crippen molar-refractivity contribution in [2.75, 3.05) is 14.2 Å². The number of carbonyl (C=O) groups is 1. The van der Waals surface area contributed by atoms with Gasteiger partial charge in [-0.2, -0.15) is 4.73 Å². The van der Waals surface area contributed by atoms with Crippen LogP contribution in [0, 0.1) is 12.1 Å². The molecule has 112 valence electrons. The Labute approximate surface area is 122 Å². The van der Waals surface area contributed by atoms with E-state index in [1.165, 1.54) is 14.0 Å². The van der Waals surface area contributed by atoms with Crippen molar-refractivity contribution in [2.24, 2.45) is 0 Å². The van der Waals surface area contributed by atoms with Crippen LogP contribution in [0.3, 0.4) is 0 Å². The van der Waals surface area contributed by atoms with Crippen LogP contribution < -0.4 is 14.2 Å². The Morgan fingerprint density at radius 2 is 1.86 bits per heavy atom. The van der Waals surface area contributed by atoms with Crippen molar-refractivity contribution in [3.05, 3.63) is 34.8 Å². The van der Waals surface area contributed by atoms with Crippen LogP contribution in [0.5, 0.6) is 11.5 Å². The van der Waals surface area contributed by atoms with Crippen molar-refractivity contribution in [1.29, 1.82) is 0 Å². The Balaban J connectivity index is 2.78. The van der Waals surface area contributed by atoms with Crippen LogP contribution in [0.2, 0.25) is 0 Å². The van der Waals surface area contributed by atoms with Gasteiger partial charge < -0.3 is 19.4 Å². The van der Waals surface area contributed by atoms with Crippen molar-refractivity contribution in [3.8, 4) is 11.5 Å². The first-order chi connectivity index (χ1) is 9.99. The van der Waals surface area contributed by atoms with Crippen LogP contribution in [0.15, 0.2) is 18.2 Å². The minimum atomic E-state index is -0.452. The fourth-order valence-corrected chi connectivity index (χ4v) is 2.25. The van der Waals surface area contributed by atoms with Gasteiger partial charge in [0.1, 0.15) is 11.5 Å². The lowest BCUT2D eigenvalue weighted by Gasteiger charge is -2.15. The summed E-state index contributed by atoms with van der Waals surface area (Å²) >= 11 is 0. The van der Waals surface area contributed by atoms with Gasteiger partial charge in [0.2, 0.25) is 5.69 Å². The van der Waals surface area contributed by atoms with Gasteiger partial charge in [0.15, 0.2) is 12.3 Å². The average molecular weight is 291 g/mol. The standard InChI is InChI=1S/C15H17NO5/c1-9-7-11-13(19-3)5-6-14(20-4)15(11)12(16(9)18)8-21-10(2)17/h5-7H,8H2,1-4H3. The van der Waals surface area contributed by atoms with E-state index in [0.29, 0.717) is 28.3 Å². The molecule has 0 saturated carbocycles. The van der Waals surface area contributed by atoms with E-state index < -0.39 is 5.97 Å². The molecule has 0 aliphatic carbocycles. The summed E-state index contributed by atoms with van der Waals surface area (Å²) < 4.78 is 16.4. The minimum Gasteiger partial charge on any atom is -0.618 e. The van der Waals surface area contributed by atoms with Gasteiger partial charge in [0, 0.05) is 25.3 Å². The topological polar surface area (TPSA) is 71.7 Å². The van der Waals surface area contributed by atoms with Gasteiger partial charge in [0.05, 0.1) is 19.6 Å². The molecule has 2 rings (SSSR count). The molecule has 6 nitrogen and oxygen atoms in total. The molecule has 0 radical (unpaired) electrons. The number of hydrogen-bond donors (Lipinski definition) is 0. The number of pyridine rings is 1. The largest absolute Gasteiger partial charge is 0.618 e. The van der Waals surface area contributed by atoms with Gasteiger partial charge in [-0.1, -0.05) is 0 Å². The van der Waals surface area contributed by atoms with Gasteiger partial charge in [-0.15, -0.1) is 0 Å². The van der Waals surface area contributed by atoms with Gasteiger partial charge in [-0.05, 0) is 12.1 Å². The first-order valence-corrected chi connectivity index (χ1v) is 6.39. The van der Waals surface area contributed by atoms with E-state index in [9.17, 15) is 10.0 Å². The van der Waals surface area contributed by atoms with E-state index in [4.69, 9.17) is 14.2 Å². The lowest BCUT2D eigenvalue weighted by atomic mass is 10.1. The van der Waals surface area contributed by atoms with Gasteiger partial charge in [-0.3, -0.25) is 4.79 Å². The maximum atomic E-state index is 12.3. The monoisotopic (exact) mass is 291 g/mol. The number of ether oxygens (including phenoxy) is 3. The third kappa shape index (κ3) is 2.69. The zero-order valence-corrected chi connectivity index (χ0v) is 12.4. The molecule has 6 heteroatoms. The predicted molar refractivity (Wildman–Crippen MR) is 76.2 cm³/mol. The minimum absolute atomic E-state index is 0.124. The summed E-state index contributed by atoms with van der Waals surface area (Å²) in [6.07, 6.45) is 0. The number of nitrogens with zero attached hydrogens (tertiary/aromatic N) is 1. The van der Waals surface area contributed by atoms with Gasteiger partial charge in [-0.25, -0.2) is 0 Å². The molecule has 0 N–H and O–H groups in total. The molecule has 0 fully saturated rings. The number of esters is 1. The fourth-order valence-electron chi connectivity index (χ4n) is 2.25. The number of carbonyl (C=O) groups excluding carboxylic acids is 1. The first kappa shape index (κ1) is 14.9. The number of rotatable bonds is 4. The Morgan fingerprint density at radius 1 is 1.24 bits per heavy atom. The van der Waals surface area contributed by atoms with E-state index in [-0.39, 0.29) is 6.61 Å². The summed E-state index contributed by atoms with van der Waals surface area (Å²) in [6.45, 7) is 2.86. The molecule has 0 aliphatic heterocycles. The van der Waals surface area contributed by atoms with E-state index in [0.717, 1.165) is 10.1 Å². The van der Waals surface area contributed by atoms with Gasteiger partial charge >= 0.3 is 5.97 Å².